The number of para-hydroxylation sites is 1. The van der Waals surface area contributed by atoms with Crippen molar-refractivity contribution < 1.29 is 4.79 Å². The summed E-state index contributed by atoms with van der Waals surface area (Å²) in [4.78, 5) is 20.3. The monoisotopic (exact) mass is 351 g/mol. The molecular formula is C20H21N3OS. The first kappa shape index (κ1) is 15.1. The molecule has 4 nitrogen and oxygen atoms in total. The number of nitrogens with one attached hydrogen (secondary N) is 2. The predicted molar refractivity (Wildman–Crippen MR) is 102 cm³/mol. The molecule has 1 amide bonds. The maximum Gasteiger partial charge on any atom is 0.226 e. The first-order chi connectivity index (χ1) is 12.3. The number of hydrogen-bond donors (Lipinski definition) is 2. The molecule has 2 fully saturated rings. The maximum atomic E-state index is 12.4. The number of amides is 1. The average molecular weight is 351 g/mol. The van der Waals surface area contributed by atoms with Crippen molar-refractivity contribution in [2.45, 2.75) is 32.1 Å². The molecule has 0 radical (unpaired) electrons. The summed E-state index contributed by atoms with van der Waals surface area (Å²) in [6, 6.07) is 8.20. The van der Waals surface area contributed by atoms with E-state index in [9.17, 15) is 4.79 Å². The first-order valence-corrected chi connectivity index (χ1v) is 9.96. The van der Waals surface area contributed by atoms with Crippen molar-refractivity contribution in [2.75, 3.05) is 5.32 Å². The summed E-state index contributed by atoms with van der Waals surface area (Å²) in [7, 11) is 0. The number of rotatable bonds is 4. The number of carbonyl (C=O) groups excluding carboxylic acids is 1. The zero-order chi connectivity index (χ0) is 16.8. The minimum Gasteiger partial charge on any atom is -0.360 e. The molecule has 2 bridgehead atoms. The summed E-state index contributed by atoms with van der Waals surface area (Å²) >= 11 is 1.50. The van der Waals surface area contributed by atoms with Gasteiger partial charge in [-0.25, -0.2) is 4.98 Å². The molecule has 0 aliphatic heterocycles. The Bertz CT molecular complexity index is 928. The third kappa shape index (κ3) is 2.76. The van der Waals surface area contributed by atoms with E-state index in [0.29, 0.717) is 17.5 Å². The predicted octanol–water partition coefficient (Wildman–Crippen LogP) is 5.06. The second-order valence-corrected chi connectivity index (χ2v) is 8.33. The lowest BCUT2D eigenvalue weighted by molar-refractivity contribution is -0.117. The van der Waals surface area contributed by atoms with E-state index in [2.05, 4.69) is 27.4 Å². The molecule has 0 saturated heterocycles. The number of hydrogen-bond acceptors (Lipinski definition) is 3. The number of anilines is 1. The van der Waals surface area contributed by atoms with Gasteiger partial charge in [0.25, 0.3) is 0 Å². The van der Waals surface area contributed by atoms with Gasteiger partial charge in [0.15, 0.2) is 5.13 Å². The number of fused-ring (bicyclic) bond motifs is 3. The van der Waals surface area contributed by atoms with Crippen LogP contribution in [0.2, 0.25) is 0 Å². The third-order valence-corrected chi connectivity index (χ3v) is 6.71. The first-order valence-electron chi connectivity index (χ1n) is 9.08. The van der Waals surface area contributed by atoms with E-state index in [4.69, 9.17) is 0 Å². The summed E-state index contributed by atoms with van der Waals surface area (Å²) in [6.07, 6.45) is 7.94. The Balaban J connectivity index is 1.29. The van der Waals surface area contributed by atoms with Crippen molar-refractivity contribution >= 4 is 33.3 Å². The minimum absolute atomic E-state index is 0.123. The fraction of sp³-hybridized carbons (Fsp3) is 0.400. The van der Waals surface area contributed by atoms with Crippen molar-refractivity contribution in [3.8, 4) is 11.3 Å². The summed E-state index contributed by atoms with van der Waals surface area (Å²) in [5, 5.41) is 6.90. The van der Waals surface area contributed by atoms with E-state index < -0.39 is 0 Å². The normalized spacial score (nSPS) is 24.9. The fourth-order valence-electron chi connectivity index (χ4n) is 4.77. The van der Waals surface area contributed by atoms with Gasteiger partial charge in [-0.05, 0) is 43.1 Å². The quantitative estimate of drug-likeness (QED) is 0.690. The average Bonchev–Trinajstić information content (AvgIpc) is 3.38. The van der Waals surface area contributed by atoms with Crippen LogP contribution in [0.3, 0.4) is 0 Å². The highest BCUT2D eigenvalue weighted by molar-refractivity contribution is 7.14. The largest absolute Gasteiger partial charge is 0.360 e. The Morgan fingerprint density at radius 1 is 1.28 bits per heavy atom. The number of aromatic amines is 1. The summed E-state index contributed by atoms with van der Waals surface area (Å²) < 4.78 is 0. The molecule has 5 heteroatoms. The lowest BCUT2D eigenvalue weighted by Gasteiger charge is -2.20. The highest BCUT2D eigenvalue weighted by atomic mass is 32.1. The Kier molecular flexibility index (Phi) is 3.63. The van der Waals surface area contributed by atoms with Crippen LogP contribution in [0.4, 0.5) is 5.13 Å². The number of benzene rings is 1. The van der Waals surface area contributed by atoms with Crippen LogP contribution in [0.25, 0.3) is 22.2 Å². The molecule has 2 heterocycles. The number of carbonyl (C=O) groups is 1. The fourth-order valence-corrected chi connectivity index (χ4v) is 5.50. The molecule has 25 heavy (non-hydrogen) atoms. The summed E-state index contributed by atoms with van der Waals surface area (Å²) in [5.41, 5.74) is 3.10. The maximum absolute atomic E-state index is 12.4. The Morgan fingerprint density at radius 3 is 3.04 bits per heavy atom. The van der Waals surface area contributed by atoms with Gasteiger partial charge in [0.05, 0.1) is 5.69 Å². The van der Waals surface area contributed by atoms with E-state index in [1.165, 1.54) is 37.0 Å². The Morgan fingerprint density at radius 2 is 2.20 bits per heavy atom. The van der Waals surface area contributed by atoms with Crippen LogP contribution in [0.5, 0.6) is 0 Å². The van der Waals surface area contributed by atoms with Gasteiger partial charge in [-0.3, -0.25) is 4.79 Å². The molecule has 1 aromatic carbocycles. The van der Waals surface area contributed by atoms with Crippen molar-refractivity contribution in [1.82, 2.24) is 9.97 Å². The molecule has 2 aliphatic carbocycles. The van der Waals surface area contributed by atoms with Gasteiger partial charge in [-0.15, -0.1) is 11.3 Å². The Hall–Kier alpha value is -2.14. The second kappa shape index (κ2) is 5.99. The molecule has 2 N–H and O–H groups in total. The van der Waals surface area contributed by atoms with Crippen LogP contribution in [-0.2, 0) is 4.79 Å². The van der Waals surface area contributed by atoms with E-state index in [1.54, 1.807) is 0 Å². The molecule has 2 aromatic heterocycles. The van der Waals surface area contributed by atoms with Crippen molar-refractivity contribution in [2.24, 2.45) is 17.8 Å². The topological polar surface area (TPSA) is 57.8 Å². The van der Waals surface area contributed by atoms with E-state index in [-0.39, 0.29) is 5.91 Å². The summed E-state index contributed by atoms with van der Waals surface area (Å²) in [6.45, 7) is 0. The van der Waals surface area contributed by atoms with E-state index in [0.717, 1.165) is 34.0 Å². The molecule has 128 valence electrons. The molecule has 3 aromatic rings. The Labute approximate surface area is 150 Å². The number of thiazole rings is 1. The smallest absolute Gasteiger partial charge is 0.226 e. The van der Waals surface area contributed by atoms with Crippen LogP contribution >= 0.6 is 11.3 Å². The standard InChI is InChI=1S/C20H21N3OS/c24-19(9-14-8-12-5-6-13(14)7-12)23-20-22-18(11-25-20)16-10-21-17-4-2-1-3-15(16)17/h1-4,10-14,21H,5-9H2,(H,22,23,24). The highest BCUT2D eigenvalue weighted by Gasteiger charge is 2.40. The zero-order valence-electron chi connectivity index (χ0n) is 14.0. The molecule has 5 rings (SSSR count). The van der Waals surface area contributed by atoms with Gasteiger partial charge in [0, 0.05) is 34.5 Å². The van der Waals surface area contributed by atoms with Crippen LogP contribution in [-0.4, -0.2) is 15.9 Å². The van der Waals surface area contributed by atoms with E-state index in [1.807, 2.05) is 23.7 Å². The minimum atomic E-state index is 0.123. The van der Waals surface area contributed by atoms with Gasteiger partial charge in [-0.2, -0.15) is 0 Å². The van der Waals surface area contributed by atoms with E-state index >= 15 is 0 Å². The SMILES string of the molecule is O=C(CC1CC2CCC1C2)Nc1nc(-c2c[nH]c3ccccc23)cs1. The van der Waals surface area contributed by atoms with Gasteiger partial charge in [0.1, 0.15) is 0 Å². The van der Waals surface area contributed by atoms with Crippen LogP contribution in [0, 0.1) is 17.8 Å². The highest BCUT2D eigenvalue weighted by Crippen LogP contribution is 2.49. The molecular weight excluding hydrogens is 330 g/mol. The lowest BCUT2D eigenvalue weighted by Crippen LogP contribution is -2.20. The van der Waals surface area contributed by atoms with Crippen molar-refractivity contribution in [1.29, 1.82) is 0 Å². The second-order valence-electron chi connectivity index (χ2n) is 7.47. The number of aromatic nitrogens is 2. The molecule has 3 atom stereocenters. The number of nitrogens with zero attached hydrogens (tertiary/aromatic N) is 1. The van der Waals surface area contributed by atoms with Crippen LogP contribution < -0.4 is 5.32 Å². The van der Waals surface area contributed by atoms with Gasteiger partial charge in [0.2, 0.25) is 5.91 Å². The number of H-pyrrole nitrogens is 1. The van der Waals surface area contributed by atoms with Crippen LogP contribution in [0.1, 0.15) is 32.1 Å². The zero-order valence-corrected chi connectivity index (χ0v) is 14.8. The van der Waals surface area contributed by atoms with Gasteiger partial charge < -0.3 is 10.3 Å². The lowest BCUT2D eigenvalue weighted by atomic mass is 9.86. The van der Waals surface area contributed by atoms with Crippen molar-refractivity contribution in [3.63, 3.8) is 0 Å². The summed E-state index contributed by atoms with van der Waals surface area (Å²) in [5.74, 6) is 2.38. The van der Waals surface area contributed by atoms with Gasteiger partial charge in [-0.1, -0.05) is 24.6 Å². The van der Waals surface area contributed by atoms with Gasteiger partial charge >= 0.3 is 0 Å². The molecule has 3 unspecified atom stereocenters. The van der Waals surface area contributed by atoms with Crippen LogP contribution in [0.15, 0.2) is 35.8 Å². The molecule has 2 aliphatic rings. The van der Waals surface area contributed by atoms with Crippen molar-refractivity contribution in [3.05, 3.63) is 35.8 Å². The molecule has 2 saturated carbocycles. The molecule has 0 spiro atoms. The third-order valence-electron chi connectivity index (χ3n) is 5.95.